The average Bonchev–Trinajstić information content (AvgIpc) is 2.32. The molecule has 96 valence electrons. The van der Waals surface area contributed by atoms with Crippen LogP contribution in [0.15, 0.2) is 18.2 Å². The van der Waals surface area contributed by atoms with Crippen LogP contribution in [0.1, 0.15) is 41.0 Å². The van der Waals surface area contributed by atoms with Gasteiger partial charge < -0.3 is 5.11 Å². The molecule has 0 amide bonds. The van der Waals surface area contributed by atoms with Crippen molar-refractivity contribution in [3.8, 4) is 0 Å². The molecular formula is C15H19NO2. The van der Waals surface area contributed by atoms with E-state index >= 15 is 0 Å². The second-order valence-corrected chi connectivity index (χ2v) is 4.11. The molecule has 0 saturated heterocycles. The Morgan fingerprint density at radius 1 is 1.06 bits per heavy atom. The van der Waals surface area contributed by atoms with Gasteiger partial charge in [0.1, 0.15) is 5.69 Å². The van der Waals surface area contributed by atoms with E-state index < -0.39 is 5.97 Å². The fourth-order valence-electron chi connectivity index (χ4n) is 1.95. The maximum absolute atomic E-state index is 10.9. The number of aromatic nitrogens is 1. The summed E-state index contributed by atoms with van der Waals surface area (Å²) in [7, 11) is 0. The van der Waals surface area contributed by atoms with E-state index in [1.165, 1.54) is 0 Å². The van der Waals surface area contributed by atoms with Crippen LogP contribution in [-0.4, -0.2) is 16.1 Å². The van der Waals surface area contributed by atoms with E-state index in [0.717, 1.165) is 27.6 Å². The number of aromatic carboxylic acids is 1. The summed E-state index contributed by atoms with van der Waals surface area (Å²) in [5, 5.41) is 9.98. The number of aryl methyl sites for hydroxylation is 3. The summed E-state index contributed by atoms with van der Waals surface area (Å²) in [6.07, 6.45) is 0. The second-order valence-electron chi connectivity index (χ2n) is 4.11. The molecular weight excluding hydrogens is 226 g/mol. The highest BCUT2D eigenvalue weighted by molar-refractivity contribution is 5.92. The molecule has 0 spiro atoms. The van der Waals surface area contributed by atoms with Crippen molar-refractivity contribution in [1.29, 1.82) is 0 Å². The number of carboxylic acids is 1. The van der Waals surface area contributed by atoms with E-state index in [9.17, 15) is 4.79 Å². The third-order valence-electron chi connectivity index (χ3n) is 2.67. The maximum Gasteiger partial charge on any atom is 0.354 e. The Morgan fingerprint density at radius 2 is 1.67 bits per heavy atom. The molecule has 1 aromatic heterocycles. The fraction of sp³-hybridized carbons (Fsp3) is 0.333. The summed E-state index contributed by atoms with van der Waals surface area (Å²) in [6.45, 7) is 9.89. The Morgan fingerprint density at radius 3 is 2.22 bits per heavy atom. The topological polar surface area (TPSA) is 50.2 Å². The third-order valence-corrected chi connectivity index (χ3v) is 2.67. The molecule has 0 aliphatic heterocycles. The standard InChI is InChI=1S/C13H13NO2.C2H6/c1-7-4-9(3)12-10(5-7)8(2)6-11(14-12)13(15)16;1-2/h4-6H,1-3H3,(H,15,16);1-2H3. The number of hydrogen-bond donors (Lipinski definition) is 1. The van der Waals surface area contributed by atoms with Crippen LogP contribution in [0.2, 0.25) is 0 Å². The van der Waals surface area contributed by atoms with Gasteiger partial charge >= 0.3 is 5.97 Å². The van der Waals surface area contributed by atoms with Crippen LogP contribution in [0, 0.1) is 20.8 Å². The first-order chi connectivity index (χ1) is 8.49. The van der Waals surface area contributed by atoms with Crippen molar-refractivity contribution >= 4 is 16.9 Å². The summed E-state index contributed by atoms with van der Waals surface area (Å²) in [5.74, 6) is -0.982. The van der Waals surface area contributed by atoms with E-state index in [1.807, 2.05) is 46.8 Å². The largest absolute Gasteiger partial charge is 0.477 e. The van der Waals surface area contributed by atoms with E-state index in [-0.39, 0.29) is 5.69 Å². The zero-order chi connectivity index (χ0) is 13.9. The van der Waals surface area contributed by atoms with Crippen molar-refractivity contribution < 1.29 is 9.90 Å². The van der Waals surface area contributed by atoms with Crippen LogP contribution in [0.4, 0.5) is 0 Å². The average molecular weight is 245 g/mol. The minimum Gasteiger partial charge on any atom is -0.477 e. The predicted octanol–water partition coefficient (Wildman–Crippen LogP) is 3.88. The molecule has 2 rings (SSSR count). The number of pyridine rings is 1. The van der Waals surface area contributed by atoms with Gasteiger partial charge in [-0.3, -0.25) is 0 Å². The predicted molar refractivity (Wildman–Crippen MR) is 74.3 cm³/mol. The SMILES string of the molecule is CC.Cc1cc(C)c2nc(C(=O)O)cc(C)c2c1. The molecule has 3 nitrogen and oxygen atoms in total. The molecule has 0 fully saturated rings. The van der Waals surface area contributed by atoms with Crippen molar-refractivity contribution in [2.24, 2.45) is 0 Å². The first kappa shape index (κ1) is 14.2. The van der Waals surface area contributed by atoms with Crippen molar-refractivity contribution in [3.05, 3.63) is 40.6 Å². The van der Waals surface area contributed by atoms with Crippen LogP contribution >= 0.6 is 0 Å². The molecule has 3 heteroatoms. The summed E-state index contributed by atoms with van der Waals surface area (Å²) < 4.78 is 0. The highest BCUT2D eigenvalue weighted by Gasteiger charge is 2.10. The molecule has 0 aliphatic carbocycles. The van der Waals surface area contributed by atoms with Crippen LogP contribution in [0.3, 0.4) is 0 Å². The molecule has 18 heavy (non-hydrogen) atoms. The molecule has 2 aromatic rings. The Balaban J connectivity index is 0.000000771. The monoisotopic (exact) mass is 245 g/mol. The van der Waals surface area contributed by atoms with E-state index in [1.54, 1.807) is 6.07 Å². The van der Waals surface area contributed by atoms with Crippen LogP contribution in [0.25, 0.3) is 10.9 Å². The number of hydrogen-bond acceptors (Lipinski definition) is 2. The number of fused-ring (bicyclic) bond motifs is 1. The molecule has 1 N–H and O–H groups in total. The summed E-state index contributed by atoms with van der Waals surface area (Å²) in [4.78, 5) is 15.1. The Bertz CT molecular complexity index is 589. The molecule has 0 bridgehead atoms. The van der Waals surface area contributed by atoms with Crippen molar-refractivity contribution in [2.45, 2.75) is 34.6 Å². The number of rotatable bonds is 1. The number of carbonyl (C=O) groups is 1. The second kappa shape index (κ2) is 5.63. The Hall–Kier alpha value is -1.90. The van der Waals surface area contributed by atoms with Gasteiger partial charge in [-0.25, -0.2) is 9.78 Å². The van der Waals surface area contributed by atoms with E-state index in [2.05, 4.69) is 4.98 Å². The Labute approximate surface area is 107 Å². The van der Waals surface area contributed by atoms with Gasteiger partial charge in [-0.15, -0.1) is 0 Å². The van der Waals surface area contributed by atoms with Crippen molar-refractivity contribution in [1.82, 2.24) is 4.98 Å². The maximum atomic E-state index is 10.9. The quantitative estimate of drug-likeness (QED) is 0.829. The molecule has 1 aromatic carbocycles. The lowest BCUT2D eigenvalue weighted by Gasteiger charge is -2.07. The van der Waals surface area contributed by atoms with Gasteiger partial charge in [0.15, 0.2) is 0 Å². The van der Waals surface area contributed by atoms with E-state index in [4.69, 9.17) is 5.11 Å². The van der Waals surface area contributed by atoms with Crippen molar-refractivity contribution in [3.63, 3.8) is 0 Å². The molecule has 1 heterocycles. The van der Waals surface area contributed by atoms with Gasteiger partial charge in [0.25, 0.3) is 0 Å². The lowest BCUT2D eigenvalue weighted by molar-refractivity contribution is 0.0691. The minimum atomic E-state index is -0.982. The first-order valence-electron chi connectivity index (χ1n) is 6.11. The van der Waals surface area contributed by atoms with Crippen molar-refractivity contribution in [2.75, 3.05) is 0 Å². The zero-order valence-corrected chi connectivity index (χ0v) is 11.5. The van der Waals surface area contributed by atoms with Gasteiger partial charge in [0, 0.05) is 5.39 Å². The minimum absolute atomic E-state index is 0.108. The molecule has 0 atom stereocenters. The van der Waals surface area contributed by atoms with Crippen LogP contribution in [-0.2, 0) is 0 Å². The molecule has 0 aliphatic rings. The summed E-state index contributed by atoms with van der Waals surface area (Å²) in [6, 6.07) is 5.67. The smallest absolute Gasteiger partial charge is 0.354 e. The highest BCUT2D eigenvalue weighted by Crippen LogP contribution is 2.22. The van der Waals surface area contributed by atoms with Crippen LogP contribution in [0.5, 0.6) is 0 Å². The lowest BCUT2D eigenvalue weighted by Crippen LogP contribution is -2.02. The van der Waals surface area contributed by atoms with Gasteiger partial charge in [-0.1, -0.05) is 25.5 Å². The van der Waals surface area contributed by atoms with Gasteiger partial charge in [0.05, 0.1) is 5.52 Å². The summed E-state index contributed by atoms with van der Waals surface area (Å²) >= 11 is 0. The molecule has 0 unspecified atom stereocenters. The zero-order valence-electron chi connectivity index (χ0n) is 11.5. The molecule has 0 saturated carbocycles. The number of carboxylic acid groups (broad SMARTS) is 1. The first-order valence-corrected chi connectivity index (χ1v) is 6.11. The van der Waals surface area contributed by atoms with Gasteiger partial charge in [0.2, 0.25) is 0 Å². The normalized spacial score (nSPS) is 9.83. The third kappa shape index (κ3) is 2.67. The molecule has 0 radical (unpaired) electrons. The van der Waals surface area contributed by atoms with Crippen LogP contribution < -0.4 is 0 Å². The highest BCUT2D eigenvalue weighted by atomic mass is 16.4. The van der Waals surface area contributed by atoms with Gasteiger partial charge in [-0.2, -0.15) is 0 Å². The summed E-state index contributed by atoms with van der Waals surface area (Å²) in [5.41, 5.74) is 4.02. The number of nitrogens with zero attached hydrogens (tertiary/aromatic N) is 1. The van der Waals surface area contributed by atoms with E-state index in [0.29, 0.717) is 0 Å². The fourth-order valence-corrected chi connectivity index (χ4v) is 1.95. The Kier molecular flexibility index (Phi) is 4.43. The lowest BCUT2D eigenvalue weighted by atomic mass is 10.0. The van der Waals surface area contributed by atoms with Gasteiger partial charge in [-0.05, 0) is 44.0 Å². The number of benzene rings is 1.